The SMILES string of the molecule is CCC(C)C(C)[CH]CC(CC)C(C)C. The predicted molar refractivity (Wildman–Crippen MR) is 66.2 cm³/mol. The van der Waals surface area contributed by atoms with E-state index < -0.39 is 0 Å². The molecule has 85 valence electrons. The first kappa shape index (κ1) is 14.0. The van der Waals surface area contributed by atoms with Gasteiger partial charge in [-0.05, 0) is 36.5 Å². The van der Waals surface area contributed by atoms with Crippen molar-refractivity contribution in [1.29, 1.82) is 0 Å². The van der Waals surface area contributed by atoms with Crippen LogP contribution in [-0.4, -0.2) is 0 Å². The van der Waals surface area contributed by atoms with Gasteiger partial charge in [-0.25, -0.2) is 0 Å². The van der Waals surface area contributed by atoms with Gasteiger partial charge in [0.1, 0.15) is 0 Å². The molecule has 0 aromatic heterocycles. The summed E-state index contributed by atoms with van der Waals surface area (Å²) in [5.41, 5.74) is 0. The molecule has 0 saturated heterocycles. The molecule has 0 aromatic carbocycles. The van der Waals surface area contributed by atoms with E-state index in [9.17, 15) is 0 Å². The Labute approximate surface area is 91.5 Å². The second kappa shape index (κ2) is 7.31. The minimum absolute atomic E-state index is 0.785. The van der Waals surface area contributed by atoms with Crippen molar-refractivity contribution >= 4 is 0 Å². The summed E-state index contributed by atoms with van der Waals surface area (Å²) in [6.45, 7) is 14.0. The smallest absolute Gasteiger partial charge is 0.0352 e. The molecular weight excluding hydrogens is 168 g/mol. The van der Waals surface area contributed by atoms with E-state index in [1.807, 2.05) is 0 Å². The van der Waals surface area contributed by atoms with Crippen LogP contribution in [0.2, 0.25) is 0 Å². The van der Waals surface area contributed by atoms with Crippen molar-refractivity contribution in [3.05, 3.63) is 6.42 Å². The zero-order valence-corrected chi connectivity index (χ0v) is 11.0. The Balaban J connectivity index is 3.79. The van der Waals surface area contributed by atoms with Crippen LogP contribution in [0.1, 0.15) is 60.8 Å². The van der Waals surface area contributed by atoms with Crippen LogP contribution in [0.25, 0.3) is 0 Å². The van der Waals surface area contributed by atoms with Crippen LogP contribution in [0, 0.1) is 30.1 Å². The number of rotatable bonds is 7. The highest BCUT2D eigenvalue weighted by molar-refractivity contribution is 4.80. The zero-order valence-electron chi connectivity index (χ0n) is 11.0. The number of hydrogen-bond acceptors (Lipinski definition) is 0. The standard InChI is InChI=1S/C14H29/c1-7-12(5)13(6)9-10-14(8-2)11(3)4/h9,11-14H,7-8,10H2,1-6H3. The van der Waals surface area contributed by atoms with Crippen LogP contribution >= 0.6 is 0 Å². The Kier molecular flexibility index (Phi) is 7.31. The summed E-state index contributed by atoms with van der Waals surface area (Å²) in [7, 11) is 0. The summed E-state index contributed by atoms with van der Waals surface area (Å²) in [6.07, 6.45) is 6.47. The van der Waals surface area contributed by atoms with Gasteiger partial charge in [0, 0.05) is 0 Å². The first-order valence-corrected chi connectivity index (χ1v) is 6.36. The summed E-state index contributed by atoms with van der Waals surface area (Å²) in [4.78, 5) is 0. The topological polar surface area (TPSA) is 0 Å². The molecule has 0 amide bonds. The van der Waals surface area contributed by atoms with Crippen LogP contribution in [0.5, 0.6) is 0 Å². The third kappa shape index (κ3) is 5.02. The van der Waals surface area contributed by atoms with E-state index in [2.05, 4.69) is 48.0 Å². The van der Waals surface area contributed by atoms with E-state index in [0.29, 0.717) is 0 Å². The van der Waals surface area contributed by atoms with Gasteiger partial charge in [0.05, 0.1) is 0 Å². The average Bonchev–Trinajstić information content (AvgIpc) is 2.16. The Morgan fingerprint density at radius 2 is 1.50 bits per heavy atom. The van der Waals surface area contributed by atoms with Crippen molar-refractivity contribution in [2.24, 2.45) is 23.7 Å². The normalized spacial score (nSPS) is 18.2. The summed E-state index contributed by atoms with van der Waals surface area (Å²) < 4.78 is 0. The van der Waals surface area contributed by atoms with Crippen molar-refractivity contribution in [1.82, 2.24) is 0 Å². The van der Waals surface area contributed by atoms with E-state index in [1.165, 1.54) is 19.3 Å². The molecule has 0 saturated carbocycles. The van der Waals surface area contributed by atoms with Crippen molar-refractivity contribution in [3.8, 4) is 0 Å². The maximum atomic E-state index is 2.54. The average molecular weight is 197 g/mol. The van der Waals surface area contributed by atoms with E-state index in [-0.39, 0.29) is 0 Å². The Bertz CT molecular complexity index is 126. The van der Waals surface area contributed by atoms with Crippen LogP contribution in [0.3, 0.4) is 0 Å². The third-order valence-electron chi connectivity index (χ3n) is 3.82. The van der Waals surface area contributed by atoms with Gasteiger partial charge in [0.15, 0.2) is 0 Å². The minimum Gasteiger partial charge on any atom is -0.0651 e. The second-order valence-electron chi connectivity index (χ2n) is 5.13. The highest BCUT2D eigenvalue weighted by Crippen LogP contribution is 2.26. The molecular formula is C14H29. The van der Waals surface area contributed by atoms with E-state index >= 15 is 0 Å². The molecule has 0 heteroatoms. The maximum Gasteiger partial charge on any atom is -0.0352 e. The molecule has 0 fully saturated rings. The van der Waals surface area contributed by atoms with Gasteiger partial charge < -0.3 is 0 Å². The predicted octanol–water partition coefficient (Wildman–Crippen LogP) is 4.95. The molecule has 0 heterocycles. The highest BCUT2D eigenvalue weighted by Gasteiger charge is 2.15. The van der Waals surface area contributed by atoms with Crippen LogP contribution in [0.15, 0.2) is 0 Å². The highest BCUT2D eigenvalue weighted by atomic mass is 14.2. The lowest BCUT2D eigenvalue weighted by molar-refractivity contribution is 0.333. The Morgan fingerprint density at radius 1 is 0.929 bits per heavy atom. The lowest BCUT2D eigenvalue weighted by Gasteiger charge is -2.23. The van der Waals surface area contributed by atoms with Gasteiger partial charge in [-0.3, -0.25) is 0 Å². The van der Waals surface area contributed by atoms with Crippen molar-refractivity contribution in [2.75, 3.05) is 0 Å². The van der Waals surface area contributed by atoms with Gasteiger partial charge in [0.2, 0.25) is 0 Å². The van der Waals surface area contributed by atoms with Gasteiger partial charge in [-0.2, -0.15) is 0 Å². The van der Waals surface area contributed by atoms with Crippen molar-refractivity contribution in [3.63, 3.8) is 0 Å². The third-order valence-corrected chi connectivity index (χ3v) is 3.82. The zero-order chi connectivity index (χ0) is 11.1. The summed E-state index contributed by atoms with van der Waals surface area (Å²) >= 11 is 0. The maximum absolute atomic E-state index is 2.54. The molecule has 0 aliphatic rings. The lowest BCUT2D eigenvalue weighted by Crippen LogP contribution is -2.13. The molecule has 1 radical (unpaired) electrons. The van der Waals surface area contributed by atoms with E-state index in [1.54, 1.807) is 0 Å². The monoisotopic (exact) mass is 197 g/mol. The van der Waals surface area contributed by atoms with Crippen LogP contribution < -0.4 is 0 Å². The molecule has 14 heavy (non-hydrogen) atoms. The summed E-state index contributed by atoms with van der Waals surface area (Å²) in [5.74, 6) is 3.36. The fraction of sp³-hybridized carbons (Fsp3) is 0.929. The minimum atomic E-state index is 0.785. The van der Waals surface area contributed by atoms with Gasteiger partial charge in [-0.1, -0.05) is 54.4 Å². The van der Waals surface area contributed by atoms with Gasteiger partial charge >= 0.3 is 0 Å². The van der Waals surface area contributed by atoms with Crippen LogP contribution in [-0.2, 0) is 0 Å². The largest absolute Gasteiger partial charge is 0.0651 e. The van der Waals surface area contributed by atoms with Crippen LogP contribution in [0.4, 0.5) is 0 Å². The first-order valence-electron chi connectivity index (χ1n) is 6.36. The lowest BCUT2D eigenvalue weighted by atomic mass is 9.82. The molecule has 0 rings (SSSR count). The molecule has 0 aromatic rings. The summed E-state index contributed by atoms with van der Waals surface area (Å²) in [6, 6.07) is 0. The summed E-state index contributed by atoms with van der Waals surface area (Å²) in [5, 5.41) is 0. The molecule has 3 unspecified atom stereocenters. The van der Waals surface area contributed by atoms with E-state index in [0.717, 1.165) is 23.7 Å². The molecule has 0 nitrogen and oxygen atoms in total. The van der Waals surface area contributed by atoms with Crippen molar-refractivity contribution in [2.45, 2.75) is 60.8 Å². The molecule has 0 N–H and O–H groups in total. The molecule has 0 aliphatic carbocycles. The quantitative estimate of drug-likeness (QED) is 0.542. The fourth-order valence-corrected chi connectivity index (χ4v) is 1.90. The van der Waals surface area contributed by atoms with Crippen molar-refractivity contribution < 1.29 is 0 Å². The Hall–Kier alpha value is 0. The molecule has 0 aliphatic heterocycles. The van der Waals surface area contributed by atoms with Gasteiger partial charge in [0.25, 0.3) is 0 Å². The fourth-order valence-electron chi connectivity index (χ4n) is 1.90. The molecule has 0 spiro atoms. The molecule has 0 bridgehead atoms. The second-order valence-corrected chi connectivity index (χ2v) is 5.13. The van der Waals surface area contributed by atoms with Gasteiger partial charge in [-0.15, -0.1) is 0 Å². The first-order chi connectivity index (χ1) is 6.52. The van der Waals surface area contributed by atoms with E-state index in [4.69, 9.17) is 0 Å². The number of hydrogen-bond donors (Lipinski definition) is 0. The molecule has 3 atom stereocenters. The Morgan fingerprint density at radius 3 is 1.86 bits per heavy atom.